The molecule has 0 saturated heterocycles. The number of aromatic hydroxyl groups is 1. The van der Waals surface area contributed by atoms with Gasteiger partial charge >= 0.3 is 5.97 Å². The number of nitrogens with zero attached hydrogens (tertiary/aromatic N) is 1. The Labute approximate surface area is 173 Å². The van der Waals surface area contributed by atoms with E-state index in [-0.39, 0.29) is 29.2 Å². The molecule has 0 unspecified atom stereocenters. The van der Waals surface area contributed by atoms with Gasteiger partial charge in [-0.1, -0.05) is 37.6 Å². The lowest BCUT2D eigenvalue weighted by molar-refractivity contribution is 0.0527. The second-order valence-corrected chi connectivity index (χ2v) is 6.77. The number of hydrogen-bond donors (Lipinski definition) is 2. The Bertz CT molecular complexity index is 1150. The number of nitrogens with one attached hydrogen (secondary N) is 1. The molecule has 30 heavy (non-hydrogen) atoms. The van der Waals surface area contributed by atoms with E-state index >= 15 is 0 Å². The lowest BCUT2D eigenvalue weighted by atomic mass is 10.1. The van der Waals surface area contributed by atoms with Gasteiger partial charge in [0, 0.05) is 11.9 Å². The first-order valence-electron chi connectivity index (χ1n) is 9.91. The van der Waals surface area contributed by atoms with Crippen LogP contribution in [0.15, 0.2) is 53.3 Å². The second-order valence-electron chi connectivity index (χ2n) is 6.77. The van der Waals surface area contributed by atoms with E-state index in [9.17, 15) is 19.5 Å². The largest absolute Gasteiger partial charge is 0.506 e. The van der Waals surface area contributed by atoms with E-state index in [0.29, 0.717) is 17.4 Å². The first kappa shape index (κ1) is 21.1. The zero-order valence-electron chi connectivity index (χ0n) is 17.0. The fourth-order valence-corrected chi connectivity index (χ4v) is 3.30. The third kappa shape index (κ3) is 4.05. The van der Waals surface area contributed by atoms with Crippen LogP contribution >= 0.6 is 0 Å². The van der Waals surface area contributed by atoms with Crippen molar-refractivity contribution in [3.63, 3.8) is 0 Å². The van der Waals surface area contributed by atoms with Crippen molar-refractivity contribution in [2.24, 2.45) is 0 Å². The topological polar surface area (TPSA) is 97.6 Å². The smallest absolute Gasteiger partial charge is 0.340 e. The summed E-state index contributed by atoms with van der Waals surface area (Å²) in [4.78, 5) is 38.3. The fourth-order valence-electron chi connectivity index (χ4n) is 3.30. The number of aryl methyl sites for hydroxylation is 1. The number of pyridine rings is 1. The maximum absolute atomic E-state index is 13.1. The van der Waals surface area contributed by atoms with Crippen molar-refractivity contribution in [1.82, 2.24) is 4.57 Å². The number of carbonyl (C=O) groups is 2. The average molecular weight is 408 g/mol. The number of fused-ring (bicyclic) bond motifs is 1. The molecule has 0 aliphatic rings. The zero-order chi connectivity index (χ0) is 21.7. The number of aromatic nitrogens is 1. The highest BCUT2D eigenvalue weighted by molar-refractivity contribution is 6.11. The van der Waals surface area contributed by atoms with Gasteiger partial charge in [0.05, 0.1) is 23.4 Å². The maximum Gasteiger partial charge on any atom is 0.340 e. The molecule has 1 heterocycles. The van der Waals surface area contributed by atoms with E-state index in [4.69, 9.17) is 4.74 Å². The van der Waals surface area contributed by atoms with Gasteiger partial charge in [0.25, 0.3) is 11.5 Å². The molecule has 0 aliphatic carbocycles. The predicted molar refractivity (Wildman–Crippen MR) is 115 cm³/mol. The van der Waals surface area contributed by atoms with E-state index in [0.717, 1.165) is 12.8 Å². The number of carbonyl (C=O) groups excluding carboxylic acids is 2. The molecule has 0 fully saturated rings. The first-order chi connectivity index (χ1) is 14.5. The lowest BCUT2D eigenvalue weighted by Gasteiger charge is -2.15. The molecule has 7 heteroatoms. The van der Waals surface area contributed by atoms with Crippen LogP contribution in [-0.2, 0) is 11.3 Å². The van der Waals surface area contributed by atoms with E-state index in [1.54, 1.807) is 43.3 Å². The summed E-state index contributed by atoms with van der Waals surface area (Å²) in [6.07, 6.45) is 1.62. The molecule has 0 aliphatic heterocycles. The molecule has 1 aromatic heterocycles. The minimum Gasteiger partial charge on any atom is -0.506 e. The monoisotopic (exact) mass is 408 g/mol. The zero-order valence-corrected chi connectivity index (χ0v) is 17.0. The number of amides is 1. The molecule has 0 radical (unpaired) electrons. The van der Waals surface area contributed by atoms with Crippen molar-refractivity contribution >= 4 is 28.5 Å². The van der Waals surface area contributed by atoms with Gasteiger partial charge in [-0.15, -0.1) is 0 Å². The van der Waals surface area contributed by atoms with Gasteiger partial charge in [-0.3, -0.25) is 9.59 Å². The summed E-state index contributed by atoms with van der Waals surface area (Å²) < 4.78 is 6.52. The van der Waals surface area contributed by atoms with E-state index in [1.807, 2.05) is 6.92 Å². The molecule has 7 nitrogen and oxygen atoms in total. The van der Waals surface area contributed by atoms with Crippen LogP contribution in [-0.4, -0.2) is 28.2 Å². The Hall–Kier alpha value is -3.61. The molecule has 3 rings (SSSR count). The standard InChI is InChI=1S/C23H24N2O5/c1-3-5-14-25-18-13-9-7-11-16(18)20(26)19(22(25)28)21(27)24-17-12-8-6-10-15(17)23(29)30-4-2/h6-13,26H,3-5,14H2,1-2H3,(H,24,27). The van der Waals surface area contributed by atoms with Gasteiger partial charge in [-0.05, 0) is 37.6 Å². The molecule has 2 aromatic carbocycles. The predicted octanol–water partition coefficient (Wildman–Crippen LogP) is 3.94. The molecule has 0 spiro atoms. The van der Waals surface area contributed by atoms with Gasteiger partial charge in [0.1, 0.15) is 11.3 Å². The Morgan fingerprint density at radius 1 is 1.07 bits per heavy atom. The van der Waals surface area contributed by atoms with Gasteiger partial charge in [-0.25, -0.2) is 4.79 Å². The first-order valence-corrected chi connectivity index (χ1v) is 9.91. The molecular weight excluding hydrogens is 384 g/mol. The number of unbranched alkanes of at least 4 members (excludes halogenated alkanes) is 1. The molecule has 3 aromatic rings. The van der Waals surface area contributed by atoms with Crippen molar-refractivity contribution in [2.45, 2.75) is 33.2 Å². The highest BCUT2D eigenvalue weighted by atomic mass is 16.5. The number of esters is 1. The Morgan fingerprint density at radius 2 is 1.77 bits per heavy atom. The van der Waals surface area contributed by atoms with Crippen molar-refractivity contribution in [3.05, 3.63) is 70.0 Å². The summed E-state index contributed by atoms with van der Waals surface area (Å²) in [6.45, 7) is 4.31. The van der Waals surface area contributed by atoms with Crippen LogP contribution in [0, 0.1) is 0 Å². The number of hydrogen-bond acceptors (Lipinski definition) is 5. The van der Waals surface area contributed by atoms with Crippen LogP contribution in [0.1, 0.15) is 47.4 Å². The molecule has 0 saturated carbocycles. The summed E-state index contributed by atoms with van der Waals surface area (Å²) in [5, 5.41) is 13.7. The Morgan fingerprint density at radius 3 is 2.50 bits per heavy atom. The van der Waals surface area contributed by atoms with Crippen molar-refractivity contribution in [1.29, 1.82) is 0 Å². The summed E-state index contributed by atoms with van der Waals surface area (Å²) in [6, 6.07) is 13.3. The highest BCUT2D eigenvalue weighted by Crippen LogP contribution is 2.27. The summed E-state index contributed by atoms with van der Waals surface area (Å²) in [5.41, 5.74) is -0.00143. The van der Waals surface area contributed by atoms with Gasteiger partial charge in [0.15, 0.2) is 0 Å². The molecule has 0 bridgehead atoms. The Kier molecular flexibility index (Phi) is 6.51. The normalized spacial score (nSPS) is 10.7. The quantitative estimate of drug-likeness (QED) is 0.577. The highest BCUT2D eigenvalue weighted by Gasteiger charge is 2.23. The minimum atomic E-state index is -0.787. The van der Waals surface area contributed by atoms with Crippen LogP contribution in [0.25, 0.3) is 10.9 Å². The number of rotatable bonds is 7. The van der Waals surface area contributed by atoms with Crippen molar-refractivity contribution < 1.29 is 19.4 Å². The molecule has 0 atom stereocenters. The van der Waals surface area contributed by atoms with Crippen LogP contribution < -0.4 is 10.9 Å². The van der Waals surface area contributed by atoms with Crippen LogP contribution in [0.2, 0.25) is 0 Å². The average Bonchev–Trinajstić information content (AvgIpc) is 2.74. The Balaban J connectivity index is 2.09. The van der Waals surface area contributed by atoms with E-state index < -0.39 is 17.4 Å². The molecule has 2 N–H and O–H groups in total. The van der Waals surface area contributed by atoms with E-state index in [1.165, 1.54) is 16.7 Å². The molecular formula is C23H24N2O5. The number of anilines is 1. The molecule has 1 amide bonds. The SMILES string of the molecule is CCCCn1c(=O)c(C(=O)Nc2ccccc2C(=O)OCC)c(O)c2ccccc21. The van der Waals surface area contributed by atoms with Crippen molar-refractivity contribution in [2.75, 3.05) is 11.9 Å². The van der Waals surface area contributed by atoms with Gasteiger partial charge in [0.2, 0.25) is 0 Å². The number of para-hydroxylation sites is 2. The van der Waals surface area contributed by atoms with Crippen LogP contribution in [0.4, 0.5) is 5.69 Å². The van der Waals surface area contributed by atoms with Crippen molar-refractivity contribution in [3.8, 4) is 5.75 Å². The molecule has 156 valence electrons. The van der Waals surface area contributed by atoms with Crippen LogP contribution in [0.5, 0.6) is 5.75 Å². The maximum atomic E-state index is 13.1. The van der Waals surface area contributed by atoms with Crippen LogP contribution in [0.3, 0.4) is 0 Å². The van der Waals surface area contributed by atoms with Gasteiger partial charge in [-0.2, -0.15) is 0 Å². The number of ether oxygens (including phenoxy) is 1. The lowest BCUT2D eigenvalue weighted by Crippen LogP contribution is -2.30. The van der Waals surface area contributed by atoms with E-state index in [2.05, 4.69) is 5.32 Å². The summed E-state index contributed by atoms with van der Waals surface area (Å²) in [5.74, 6) is -1.75. The second kappa shape index (κ2) is 9.26. The summed E-state index contributed by atoms with van der Waals surface area (Å²) in [7, 11) is 0. The summed E-state index contributed by atoms with van der Waals surface area (Å²) >= 11 is 0. The third-order valence-electron chi connectivity index (χ3n) is 4.78. The van der Waals surface area contributed by atoms with Gasteiger partial charge < -0.3 is 19.7 Å². The minimum absolute atomic E-state index is 0.166. The number of benzene rings is 2. The third-order valence-corrected chi connectivity index (χ3v) is 4.78. The fraction of sp³-hybridized carbons (Fsp3) is 0.261.